The molecule has 57 heavy (non-hydrogen) atoms. The maximum atomic E-state index is 17.3. The number of halogens is 5. The van der Waals surface area contributed by atoms with E-state index >= 15 is 8.78 Å². The number of nitro groups is 1. The third-order valence-corrected chi connectivity index (χ3v) is 10.5. The van der Waals surface area contributed by atoms with Crippen LogP contribution < -0.4 is 19.1 Å². The van der Waals surface area contributed by atoms with Crippen molar-refractivity contribution in [1.82, 2.24) is 14.7 Å². The third kappa shape index (κ3) is 8.97. The number of alkyl halides is 3. The van der Waals surface area contributed by atoms with Crippen LogP contribution in [0.15, 0.2) is 59.5 Å². The first-order valence-electron chi connectivity index (χ1n) is 17.1. The normalized spacial score (nSPS) is 16.2. The van der Waals surface area contributed by atoms with Crippen molar-refractivity contribution in [2.24, 2.45) is 0 Å². The summed E-state index contributed by atoms with van der Waals surface area (Å²) in [5.41, 5.74) is -3.98. The molecule has 0 spiro atoms. The summed E-state index contributed by atoms with van der Waals surface area (Å²) < 4.78 is 116. The number of aromatic nitrogens is 2. The van der Waals surface area contributed by atoms with Crippen LogP contribution in [0.3, 0.4) is 0 Å². The van der Waals surface area contributed by atoms with E-state index in [1.54, 1.807) is 6.92 Å². The minimum atomic E-state index is -4.86. The number of aliphatic hydroxyl groups is 1. The highest BCUT2D eigenvalue weighted by molar-refractivity contribution is 7.90. The number of nitrogens with zero attached hydrogens (tertiary/aromatic N) is 4. The Balaban J connectivity index is 1.60. The van der Waals surface area contributed by atoms with Gasteiger partial charge in [0.1, 0.15) is 22.9 Å². The lowest BCUT2D eigenvalue weighted by molar-refractivity contribution is -0.384. The standard InChI is InChI=1S/C37H34F5N5O9S/c1-20-5-8-23(9-6-20)57(52,53)45-29(48)16-24-27(38)10-7-21-13-22(56-19-54-3)14-25(30(21)24)31-28(47(50)51)15-26-33(32(31)39)43-35(55-18-37(40,41)42)44-34(26)46-12-4-11-36(2,49)17-46/h5-10,13-15,49H,4,11-12,16-19H2,1-3H3,(H,45,48). The van der Waals surface area contributed by atoms with Gasteiger partial charge in [0.25, 0.3) is 15.7 Å². The van der Waals surface area contributed by atoms with Crippen molar-refractivity contribution in [3.63, 3.8) is 0 Å². The first-order chi connectivity index (χ1) is 26.8. The molecular formula is C37H34F5N5O9S. The van der Waals surface area contributed by atoms with Crippen LogP contribution in [0.4, 0.5) is 33.5 Å². The Morgan fingerprint density at radius 1 is 1.09 bits per heavy atom. The SMILES string of the molecule is COCOc1cc(-c2c([N+](=O)[O-])cc3c(N4CCCC(C)(O)C4)nc(OCC(F)(F)F)nc3c2F)c2c(CC(=O)NS(=O)(=O)c3ccc(C)cc3)c(F)ccc2c1. The van der Waals surface area contributed by atoms with E-state index in [0.717, 1.165) is 23.8 Å². The molecule has 2 N–H and O–H groups in total. The van der Waals surface area contributed by atoms with Crippen LogP contribution in [0.25, 0.3) is 32.8 Å². The summed E-state index contributed by atoms with van der Waals surface area (Å²) in [6.07, 6.45) is -5.11. The number of carbonyl (C=O) groups excluding carboxylic acids is 1. The number of piperidine rings is 1. The number of aryl methyl sites for hydroxylation is 1. The van der Waals surface area contributed by atoms with Crippen molar-refractivity contribution in [1.29, 1.82) is 0 Å². The zero-order valence-corrected chi connectivity index (χ0v) is 31.3. The van der Waals surface area contributed by atoms with E-state index in [0.29, 0.717) is 12.8 Å². The van der Waals surface area contributed by atoms with E-state index in [4.69, 9.17) is 14.2 Å². The summed E-state index contributed by atoms with van der Waals surface area (Å²) in [5.74, 6) is -4.06. The minimum absolute atomic E-state index is 0.0612. The Hall–Kier alpha value is -5.73. The van der Waals surface area contributed by atoms with Gasteiger partial charge in [0.15, 0.2) is 19.2 Å². The van der Waals surface area contributed by atoms with Gasteiger partial charge in [-0.2, -0.15) is 23.1 Å². The maximum absolute atomic E-state index is 17.3. The second-order valence-electron chi connectivity index (χ2n) is 13.7. The van der Waals surface area contributed by atoms with Gasteiger partial charge in [0, 0.05) is 37.4 Å². The maximum Gasteiger partial charge on any atom is 0.422 e. The summed E-state index contributed by atoms with van der Waals surface area (Å²) in [6, 6.07) is 10.1. The Labute approximate surface area is 321 Å². The Morgan fingerprint density at radius 2 is 1.81 bits per heavy atom. The van der Waals surface area contributed by atoms with Crippen LogP contribution in [0.5, 0.6) is 11.8 Å². The van der Waals surface area contributed by atoms with E-state index < -0.39 is 91.2 Å². The van der Waals surface area contributed by atoms with Gasteiger partial charge in [-0.3, -0.25) is 14.9 Å². The van der Waals surface area contributed by atoms with Crippen LogP contribution in [0.2, 0.25) is 0 Å². The summed E-state index contributed by atoms with van der Waals surface area (Å²) in [6.45, 7) is 1.02. The number of anilines is 1. The summed E-state index contributed by atoms with van der Waals surface area (Å²) in [4.78, 5) is 34.3. The third-order valence-electron chi connectivity index (χ3n) is 9.08. The Kier molecular flexibility index (Phi) is 11.2. The highest BCUT2D eigenvalue weighted by Gasteiger charge is 2.35. The van der Waals surface area contributed by atoms with Crippen molar-refractivity contribution in [3.05, 3.63) is 87.5 Å². The van der Waals surface area contributed by atoms with E-state index in [1.807, 2.05) is 4.72 Å². The highest BCUT2D eigenvalue weighted by atomic mass is 32.2. The lowest BCUT2D eigenvalue weighted by Gasteiger charge is -2.38. The molecule has 0 aliphatic carbocycles. The van der Waals surface area contributed by atoms with Gasteiger partial charge in [0.2, 0.25) is 5.91 Å². The number of ether oxygens (including phenoxy) is 3. The molecule has 1 aromatic heterocycles. The van der Waals surface area contributed by atoms with Gasteiger partial charge in [0.05, 0.1) is 32.8 Å². The Morgan fingerprint density at radius 3 is 2.46 bits per heavy atom. The monoisotopic (exact) mass is 819 g/mol. The summed E-state index contributed by atoms with van der Waals surface area (Å²) in [7, 11) is -3.16. The fourth-order valence-corrected chi connectivity index (χ4v) is 7.61. The number of nitro benzene ring substituents is 1. The number of β-amino-alcohol motifs (C(OH)–C–C–N with tert-alkyl or cyclic N) is 1. The molecule has 0 saturated carbocycles. The first kappa shape index (κ1) is 40.9. The lowest BCUT2D eigenvalue weighted by atomic mass is 9.90. The van der Waals surface area contributed by atoms with Crippen LogP contribution in [-0.2, 0) is 26.0 Å². The van der Waals surface area contributed by atoms with Gasteiger partial charge < -0.3 is 24.2 Å². The quantitative estimate of drug-likeness (QED) is 0.0624. The van der Waals surface area contributed by atoms with Crippen molar-refractivity contribution in [2.75, 3.05) is 38.5 Å². The van der Waals surface area contributed by atoms with Crippen LogP contribution in [0.1, 0.15) is 30.9 Å². The zero-order valence-electron chi connectivity index (χ0n) is 30.4. The van der Waals surface area contributed by atoms with Crippen LogP contribution >= 0.6 is 0 Å². The van der Waals surface area contributed by atoms with E-state index in [-0.39, 0.29) is 52.5 Å². The number of benzene rings is 4. The van der Waals surface area contributed by atoms with Crippen molar-refractivity contribution in [3.8, 4) is 22.9 Å². The first-order valence-corrected chi connectivity index (χ1v) is 18.6. The molecule has 20 heteroatoms. The number of carbonyl (C=O) groups is 1. The van der Waals surface area contributed by atoms with E-state index in [1.165, 1.54) is 55.3 Å². The molecule has 14 nitrogen and oxygen atoms in total. The number of hydrogen-bond acceptors (Lipinski definition) is 12. The number of fused-ring (bicyclic) bond motifs is 2. The number of sulfonamides is 1. The summed E-state index contributed by atoms with van der Waals surface area (Å²) in [5, 5.41) is 23.1. The molecular weight excluding hydrogens is 785 g/mol. The molecule has 1 fully saturated rings. The molecule has 4 aromatic carbocycles. The van der Waals surface area contributed by atoms with Gasteiger partial charge in [-0.15, -0.1) is 0 Å². The average Bonchev–Trinajstić information content (AvgIpc) is 3.13. The molecule has 5 aromatic rings. The molecule has 302 valence electrons. The number of amides is 1. The molecule has 0 radical (unpaired) electrons. The lowest BCUT2D eigenvalue weighted by Crippen LogP contribution is -2.46. The van der Waals surface area contributed by atoms with Crippen molar-refractivity contribution in [2.45, 2.75) is 49.8 Å². The highest BCUT2D eigenvalue weighted by Crippen LogP contribution is 2.45. The van der Waals surface area contributed by atoms with Gasteiger partial charge in [-0.1, -0.05) is 23.8 Å². The van der Waals surface area contributed by atoms with Crippen LogP contribution in [-0.4, -0.2) is 79.7 Å². The fourth-order valence-electron chi connectivity index (χ4n) is 6.62. The minimum Gasteiger partial charge on any atom is -0.468 e. The predicted molar refractivity (Wildman–Crippen MR) is 195 cm³/mol. The van der Waals surface area contributed by atoms with Gasteiger partial charge in [-0.05, 0) is 67.8 Å². The predicted octanol–water partition coefficient (Wildman–Crippen LogP) is 6.27. The number of nitrogens with one attached hydrogen (secondary N) is 1. The molecule has 1 atom stereocenters. The average molecular weight is 820 g/mol. The zero-order chi connectivity index (χ0) is 41.4. The van der Waals surface area contributed by atoms with E-state index in [9.17, 15) is 41.6 Å². The number of rotatable bonds is 12. The molecule has 1 saturated heterocycles. The van der Waals surface area contributed by atoms with Crippen molar-refractivity contribution >= 4 is 49.1 Å². The Bertz CT molecular complexity index is 2500. The molecule has 2 heterocycles. The summed E-state index contributed by atoms with van der Waals surface area (Å²) >= 11 is 0. The van der Waals surface area contributed by atoms with Gasteiger partial charge in [-0.25, -0.2) is 21.9 Å². The molecule has 6 rings (SSSR count). The second-order valence-corrected chi connectivity index (χ2v) is 15.3. The largest absolute Gasteiger partial charge is 0.468 e. The molecule has 1 aliphatic rings. The van der Waals surface area contributed by atoms with Crippen LogP contribution in [0, 0.1) is 28.7 Å². The van der Waals surface area contributed by atoms with Crippen molar-refractivity contribution < 1.29 is 59.4 Å². The molecule has 1 unspecified atom stereocenters. The fraction of sp³-hybridized carbons (Fsp3) is 0.324. The molecule has 0 bridgehead atoms. The van der Waals surface area contributed by atoms with Gasteiger partial charge >= 0.3 is 12.2 Å². The molecule has 1 amide bonds. The number of methoxy groups -OCH3 is 1. The smallest absolute Gasteiger partial charge is 0.422 e. The second kappa shape index (κ2) is 15.7. The molecule has 1 aliphatic heterocycles. The van der Waals surface area contributed by atoms with E-state index in [2.05, 4.69) is 9.97 Å². The number of hydrogen-bond donors (Lipinski definition) is 2. The topological polar surface area (TPSA) is 183 Å².